The number of rotatable bonds is 9. The lowest BCUT2D eigenvalue weighted by atomic mass is 10.0. The van der Waals surface area contributed by atoms with Crippen LogP contribution in [0.15, 0.2) is 52.3 Å². The van der Waals surface area contributed by atoms with Gasteiger partial charge >= 0.3 is 18.0 Å². The van der Waals surface area contributed by atoms with E-state index in [0.29, 0.717) is 36.0 Å². The summed E-state index contributed by atoms with van der Waals surface area (Å²) < 4.78 is 26.6. The Bertz CT molecular complexity index is 1150. The Morgan fingerprint density at radius 1 is 1.06 bits per heavy atom. The molecule has 0 spiro atoms. The Balaban J connectivity index is 1.40. The minimum atomic E-state index is -0.914. The molecule has 1 aromatic heterocycles. The van der Waals surface area contributed by atoms with Gasteiger partial charge < -0.3 is 34.0 Å². The number of furan rings is 1. The van der Waals surface area contributed by atoms with Crippen molar-refractivity contribution < 1.29 is 42.5 Å². The molecule has 2 aromatic rings. The van der Waals surface area contributed by atoms with Crippen LogP contribution < -0.4 is 20.1 Å². The van der Waals surface area contributed by atoms with E-state index in [2.05, 4.69) is 10.6 Å². The number of hydrogen-bond acceptors (Lipinski definition) is 9. The summed E-state index contributed by atoms with van der Waals surface area (Å²) in [5.41, 5.74) is 0.517. The van der Waals surface area contributed by atoms with E-state index in [-0.39, 0.29) is 36.5 Å². The zero-order valence-corrected chi connectivity index (χ0v) is 19.0. The quantitative estimate of drug-likeness (QED) is 0.405. The van der Waals surface area contributed by atoms with Crippen LogP contribution in [0.5, 0.6) is 11.5 Å². The van der Waals surface area contributed by atoms with Gasteiger partial charge in [-0.3, -0.25) is 9.59 Å². The van der Waals surface area contributed by atoms with Gasteiger partial charge in [0.1, 0.15) is 31.6 Å². The largest absolute Gasteiger partial charge is 0.486 e. The topological polar surface area (TPSA) is 142 Å². The van der Waals surface area contributed by atoms with E-state index in [1.165, 1.54) is 6.26 Å². The fourth-order valence-electron chi connectivity index (χ4n) is 3.65. The summed E-state index contributed by atoms with van der Waals surface area (Å²) in [5, 5.41) is 5.09. The molecule has 0 saturated heterocycles. The van der Waals surface area contributed by atoms with Crippen molar-refractivity contribution in [1.82, 2.24) is 10.6 Å². The molecule has 35 heavy (non-hydrogen) atoms. The summed E-state index contributed by atoms with van der Waals surface area (Å²) >= 11 is 0. The van der Waals surface area contributed by atoms with Gasteiger partial charge in [0.25, 0.3) is 0 Å². The van der Waals surface area contributed by atoms with Crippen LogP contribution >= 0.6 is 0 Å². The minimum Gasteiger partial charge on any atom is -0.486 e. The monoisotopic (exact) mass is 484 g/mol. The summed E-state index contributed by atoms with van der Waals surface area (Å²) in [6.45, 7) is 2.20. The highest BCUT2D eigenvalue weighted by Crippen LogP contribution is 2.31. The second-order valence-electron chi connectivity index (χ2n) is 7.60. The lowest BCUT2D eigenvalue weighted by Crippen LogP contribution is -2.47. The second-order valence-corrected chi connectivity index (χ2v) is 7.60. The SMILES string of the molecule is CCOC(=O)C1=C(COC(=O)CCC(=O)c2ccc3c(c2)OCCO3)NC(=O)NC1c1ccco1. The highest BCUT2D eigenvalue weighted by Gasteiger charge is 2.35. The molecule has 0 radical (unpaired) electrons. The molecule has 184 valence electrons. The number of esters is 2. The van der Waals surface area contributed by atoms with Crippen molar-refractivity contribution in [3.8, 4) is 11.5 Å². The molecular formula is C24H24N2O9. The Morgan fingerprint density at radius 3 is 2.60 bits per heavy atom. The lowest BCUT2D eigenvalue weighted by Gasteiger charge is -2.27. The summed E-state index contributed by atoms with van der Waals surface area (Å²) in [6.07, 6.45) is 1.12. The summed E-state index contributed by atoms with van der Waals surface area (Å²) in [4.78, 5) is 49.7. The number of amides is 2. The molecule has 0 aliphatic carbocycles. The Hall–Kier alpha value is -4.28. The Morgan fingerprint density at radius 2 is 1.86 bits per heavy atom. The minimum absolute atomic E-state index is 0.0570. The van der Waals surface area contributed by atoms with Crippen LogP contribution in [0.2, 0.25) is 0 Å². The number of carbonyl (C=O) groups is 4. The van der Waals surface area contributed by atoms with Crippen molar-refractivity contribution in [2.45, 2.75) is 25.8 Å². The van der Waals surface area contributed by atoms with Gasteiger partial charge in [0, 0.05) is 12.0 Å². The molecule has 11 heteroatoms. The molecule has 2 N–H and O–H groups in total. The van der Waals surface area contributed by atoms with E-state index in [1.54, 1.807) is 37.3 Å². The van der Waals surface area contributed by atoms with Gasteiger partial charge in [-0.25, -0.2) is 9.59 Å². The van der Waals surface area contributed by atoms with Gasteiger partial charge in [-0.15, -0.1) is 0 Å². The molecule has 0 saturated carbocycles. The summed E-state index contributed by atoms with van der Waals surface area (Å²) in [7, 11) is 0. The molecule has 1 unspecified atom stereocenters. The van der Waals surface area contributed by atoms with Crippen molar-refractivity contribution in [2.75, 3.05) is 26.4 Å². The van der Waals surface area contributed by atoms with Crippen molar-refractivity contribution in [3.05, 3.63) is 59.2 Å². The fourth-order valence-corrected chi connectivity index (χ4v) is 3.65. The summed E-state index contributed by atoms with van der Waals surface area (Å²) in [5.74, 6) is -0.268. The molecule has 11 nitrogen and oxygen atoms in total. The normalized spacial score (nSPS) is 16.7. The third-order valence-electron chi connectivity index (χ3n) is 5.27. The van der Waals surface area contributed by atoms with Crippen LogP contribution in [0.1, 0.15) is 41.9 Å². The molecule has 2 aliphatic rings. The molecule has 4 rings (SSSR count). The van der Waals surface area contributed by atoms with E-state index in [0.717, 1.165) is 0 Å². The molecule has 2 aliphatic heterocycles. The zero-order chi connectivity index (χ0) is 24.8. The van der Waals surface area contributed by atoms with Gasteiger partial charge in [0.15, 0.2) is 17.3 Å². The standard InChI is InChI=1S/C24H24N2O9/c1-2-31-23(29)21-15(25-24(30)26-22(21)18-4-3-9-32-18)13-35-20(28)8-6-16(27)14-5-7-17-19(12-14)34-11-10-33-17/h3-5,7,9,12,22H,2,6,8,10-11,13H2,1H3,(H2,25,26,30). The number of benzene rings is 1. The molecule has 0 bridgehead atoms. The third-order valence-corrected chi connectivity index (χ3v) is 5.27. The van der Waals surface area contributed by atoms with Crippen LogP contribution in [0.3, 0.4) is 0 Å². The molecule has 1 aromatic carbocycles. The predicted octanol–water partition coefficient (Wildman–Crippen LogP) is 2.43. The average molecular weight is 484 g/mol. The van der Waals surface area contributed by atoms with Crippen LogP contribution in [-0.4, -0.2) is 50.2 Å². The first-order valence-electron chi connectivity index (χ1n) is 11.1. The Kier molecular flexibility index (Phi) is 7.34. The Labute approximate surface area is 200 Å². The molecule has 3 heterocycles. The maximum absolute atomic E-state index is 12.6. The van der Waals surface area contributed by atoms with Crippen LogP contribution in [0.25, 0.3) is 0 Å². The fraction of sp³-hybridized carbons (Fsp3) is 0.333. The van der Waals surface area contributed by atoms with E-state index in [9.17, 15) is 19.2 Å². The van der Waals surface area contributed by atoms with Gasteiger partial charge in [0.2, 0.25) is 0 Å². The molecule has 0 fully saturated rings. The number of nitrogens with one attached hydrogen (secondary N) is 2. The molecule has 2 amide bonds. The van der Waals surface area contributed by atoms with E-state index < -0.39 is 30.6 Å². The van der Waals surface area contributed by atoms with Gasteiger partial charge in [-0.1, -0.05) is 0 Å². The van der Waals surface area contributed by atoms with Crippen LogP contribution in [0, 0.1) is 0 Å². The highest BCUT2D eigenvalue weighted by atomic mass is 16.6. The maximum atomic E-state index is 12.6. The van der Waals surface area contributed by atoms with Gasteiger partial charge in [-0.05, 0) is 37.3 Å². The van der Waals surface area contributed by atoms with Crippen molar-refractivity contribution >= 4 is 23.8 Å². The van der Waals surface area contributed by atoms with Gasteiger partial charge in [0.05, 0.1) is 30.6 Å². The number of ketones is 1. The number of urea groups is 1. The van der Waals surface area contributed by atoms with Crippen LogP contribution in [-0.2, 0) is 19.1 Å². The molecule has 1 atom stereocenters. The summed E-state index contributed by atoms with van der Waals surface area (Å²) in [6, 6.07) is 6.54. The zero-order valence-electron chi connectivity index (χ0n) is 19.0. The van der Waals surface area contributed by atoms with Gasteiger partial charge in [-0.2, -0.15) is 0 Å². The van der Waals surface area contributed by atoms with E-state index in [4.69, 9.17) is 23.4 Å². The van der Waals surface area contributed by atoms with Crippen molar-refractivity contribution in [2.24, 2.45) is 0 Å². The molecular weight excluding hydrogens is 460 g/mol. The first-order chi connectivity index (χ1) is 17.0. The first kappa shape index (κ1) is 23.9. The highest BCUT2D eigenvalue weighted by molar-refractivity contribution is 5.98. The maximum Gasteiger partial charge on any atom is 0.338 e. The van der Waals surface area contributed by atoms with Crippen molar-refractivity contribution in [1.29, 1.82) is 0 Å². The number of ether oxygens (including phenoxy) is 4. The first-order valence-corrected chi connectivity index (χ1v) is 11.1. The van der Waals surface area contributed by atoms with E-state index in [1.807, 2.05) is 0 Å². The number of hydrogen-bond donors (Lipinski definition) is 2. The number of Topliss-reactive ketones (excluding diaryl/α,β-unsaturated/α-hetero) is 1. The second kappa shape index (κ2) is 10.8. The smallest absolute Gasteiger partial charge is 0.338 e. The predicted molar refractivity (Wildman–Crippen MR) is 119 cm³/mol. The lowest BCUT2D eigenvalue weighted by molar-refractivity contribution is -0.143. The number of fused-ring (bicyclic) bond motifs is 1. The third kappa shape index (κ3) is 5.62. The van der Waals surface area contributed by atoms with Crippen LogP contribution in [0.4, 0.5) is 4.79 Å². The van der Waals surface area contributed by atoms with E-state index >= 15 is 0 Å². The number of carbonyl (C=O) groups excluding carboxylic acids is 4. The van der Waals surface area contributed by atoms with Crippen molar-refractivity contribution in [3.63, 3.8) is 0 Å². The average Bonchev–Trinajstić information content (AvgIpc) is 3.40.